The van der Waals surface area contributed by atoms with Gasteiger partial charge in [0.25, 0.3) is 0 Å². The zero-order chi connectivity index (χ0) is 27.1. The molecule has 0 spiro atoms. The molecule has 1 aliphatic rings. The standard InChI is InChI=1S/C26H28FIN2O7/c1-15(33)30(13-16-3-5-19(27)6-4-16)21-11-18(26(35)29-7-8-31)12-22(24(21)34)37-25-20(28)9-17(14-32)10-23(25)36-2/h3-6,9-10,12,14,21-22,24,31,34H,7-8,11,13H2,1-2H3,(H,29,35)/t21-,22+,24+/m1/s1. The Morgan fingerprint density at radius 3 is 2.57 bits per heavy atom. The molecular formula is C26H28FIN2O7. The van der Waals surface area contributed by atoms with Gasteiger partial charge in [-0.15, -0.1) is 0 Å². The minimum atomic E-state index is -1.25. The maximum Gasteiger partial charge on any atom is 0.247 e. The lowest BCUT2D eigenvalue weighted by molar-refractivity contribution is -0.137. The highest BCUT2D eigenvalue weighted by atomic mass is 127. The summed E-state index contributed by atoms with van der Waals surface area (Å²) in [5.74, 6) is -0.718. The third-order valence-corrected chi connectivity index (χ3v) is 6.73. The Morgan fingerprint density at radius 2 is 1.97 bits per heavy atom. The van der Waals surface area contributed by atoms with Crippen molar-refractivity contribution >= 4 is 40.7 Å². The van der Waals surface area contributed by atoms with Gasteiger partial charge in [0.15, 0.2) is 11.5 Å². The molecule has 0 bridgehead atoms. The van der Waals surface area contributed by atoms with Gasteiger partial charge in [0, 0.05) is 37.6 Å². The normalized spacial score (nSPS) is 19.0. The van der Waals surface area contributed by atoms with Gasteiger partial charge in [0.1, 0.15) is 24.3 Å². The number of carbonyl (C=O) groups excluding carboxylic acids is 3. The molecule has 3 N–H and O–H groups in total. The van der Waals surface area contributed by atoms with Crippen molar-refractivity contribution in [2.24, 2.45) is 0 Å². The van der Waals surface area contributed by atoms with E-state index in [2.05, 4.69) is 5.32 Å². The van der Waals surface area contributed by atoms with Crippen molar-refractivity contribution in [1.29, 1.82) is 0 Å². The first-order valence-electron chi connectivity index (χ1n) is 11.5. The van der Waals surface area contributed by atoms with Crippen LogP contribution in [0.15, 0.2) is 48.0 Å². The Morgan fingerprint density at radius 1 is 1.27 bits per heavy atom. The van der Waals surface area contributed by atoms with Gasteiger partial charge in [0.05, 0.1) is 23.3 Å². The van der Waals surface area contributed by atoms with Gasteiger partial charge in [-0.25, -0.2) is 4.39 Å². The first-order valence-corrected chi connectivity index (χ1v) is 12.5. The van der Waals surface area contributed by atoms with Gasteiger partial charge in [-0.3, -0.25) is 14.4 Å². The second kappa shape index (κ2) is 13.0. The average molecular weight is 626 g/mol. The van der Waals surface area contributed by atoms with Crippen LogP contribution >= 0.6 is 22.6 Å². The summed E-state index contributed by atoms with van der Waals surface area (Å²) in [5.41, 5.74) is 1.28. The number of nitrogens with one attached hydrogen (secondary N) is 1. The topological polar surface area (TPSA) is 125 Å². The van der Waals surface area contributed by atoms with Gasteiger partial charge in [-0.05, 0) is 58.5 Å². The van der Waals surface area contributed by atoms with Crippen molar-refractivity contribution in [2.75, 3.05) is 20.3 Å². The summed E-state index contributed by atoms with van der Waals surface area (Å²) < 4.78 is 25.5. The van der Waals surface area contributed by atoms with E-state index in [1.54, 1.807) is 18.2 Å². The van der Waals surface area contributed by atoms with E-state index in [0.717, 1.165) is 0 Å². The highest BCUT2D eigenvalue weighted by Gasteiger charge is 2.40. The van der Waals surface area contributed by atoms with E-state index in [1.807, 2.05) is 22.6 Å². The van der Waals surface area contributed by atoms with Crippen molar-refractivity contribution in [2.45, 2.75) is 38.1 Å². The summed E-state index contributed by atoms with van der Waals surface area (Å²) in [6, 6.07) is 7.87. The molecule has 3 atom stereocenters. The van der Waals surface area contributed by atoms with Gasteiger partial charge < -0.3 is 29.9 Å². The predicted molar refractivity (Wildman–Crippen MR) is 141 cm³/mol. The van der Waals surface area contributed by atoms with Crippen LogP contribution in [0.5, 0.6) is 11.5 Å². The van der Waals surface area contributed by atoms with E-state index in [0.29, 0.717) is 21.0 Å². The summed E-state index contributed by atoms with van der Waals surface area (Å²) in [6.45, 7) is 1.19. The fourth-order valence-electron chi connectivity index (χ4n) is 4.09. The van der Waals surface area contributed by atoms with E-state index in [9.17, 15) is 23.9 Å². The van der Waals surface area contributed by atoms with Crippen LogP contribution in [-0.4, -0.2) is 71.7 Å². The Hall–Kier alpha value is -3.03. The zero-order valence-corrected chi connectivity index (χ0v) is 22.5. The summed E-state index contributed by atoms with van der Waals surface area (Å²) >= 11 is 1.98. The number of hydrogen-bond donors (Lipinski definition) is 3. The zero-order valence-electron chi connectivity index (χ0n) is 20.3. The van der Waals surface area contributed by atoms with Gasteiger partial charge in [0.2, 0.25) is 11.8 Å². The lowest BCUT2D eigenvalue weighted by atomic mass is 9.88. The summed E-state index contributed by atoms with van der Waals surface area (Å²) in [5, 5.41) is 23.1. The van der Waals surface area contributed by atoms with E-state index >= 15 is 0 Å². The molecule has 1 aliphatic carbocycles. The molecule has 9 nitrogen and oxygen atoms in total. The molecule has 0 saturated heterocycles. The number of halogens is 2. The molecule has 0 unspecified atom stereocenters. The number of aliphatic hydroxyl groups is 2. The first kappa shape index (κ1) is 28.5. The number of nitrogens with zero attached hydrogens (tertiary/aromatic N) is 1. The van der Waals surface area contributed by atoms with Crippen LogP contribution in [0.25, 0.3) is 0 Å². The molecule has 2 amide bonds. The van der Waals surface area contributed by atoms with E-state index < -0.39 is 30.0 Å². The molecule has 0 aromatic heterocycles. The van der Waals surface area contributed by atoms with Crippen molar-refractivity contribution < 1.29 is 38.5 Å². The first-order chi connectivity index (χ1) is 17.7. The number of rotatable bonds is 10. The molecule has 0 saturated carbocycles. The number of aliphatic hydroxyl groups excluding tert-OH is 2. The Balaban J connectivity index is 1.99. The third kappa shape index (κ3) is 7.05. The Kier molecular flexibility index (Phi) is 10.0. The van der Waals surface area contributed by atoms with Gasteiger partial charge in [-0.1, -0.05) is 12.1 Å². The van der Waals surface area contributed by atoms with Crippen LogP contribution in [0.1, 0.15) is 29.3 Å². The second-order valence-electron chi connectivity index (χ2n) is 8.44. The smallest absolute Gasteiger partial charge is 0.247 e. The Labute approximate surface area is 227 Å². The van der Waals surface area contributed by atoms with Gasteiger partial charge >= 0.3 is 0 Å². The molecule has 0 aliphatic heterocycles. The van der Waals surface area contributed by atoms with Gasteiger partial charge in [-0.2, -0.15) is 0 Å². The monoisotopic (exact) mass is 626 g/mol. The number of ether oxygens (including phenoxy) is 2. The number of methoxy groups -OCH3 is 1. The molecule has 198 valence electrons. The average Bonchev–Trinajstić information content (AvgIpc) is 2.88. The fraction of sp³-hybridized carbons (Fsp3) is 0.346. The quantitative estimate of drug-likeness (QED) is 0.273. The van der Waals surface area contributed by atoms with Crippen LogP contribution in [0.2, 0.25) is 0 Å². The SMILES string of the molecule is COc1cc(C=O)cc(I)c1O[C@H]1C=C(C(=O)NCCO)C[C@@H](N(Cc2ccc(F)cc2)C(C)=O)[C@@H]1O. The van der Waals surface area contributed by atoms with E-state index in [4.69, 9.17) is 14.6 Å². The van der Waals surface area contributed by atoms with Crippen LogP contribution in [0.4, 0.5) is 4.39 Å². The van der Waals surface area contributed by atoms with Crippen molar-refractivity contribution in [3.05, 3.63) is 68.6 Å². The maximum absolute atomic E-state index is 13.4. The minimum absolute atomic E-state index is 0.0252. The summed E-state index contributed by atoms with van der Waals surface area (Å²) in [6.07, 6.45) is -0.132. The molecule has 2 aromatic rings. The number of amides is 2. The number of aldehydes is 1. The third-order valence-electron chi connectivity index (χ3n) is 5.93. The number of benzene rings is 2. The van der Waals surface area contributed by atoms with E-state index in [-0.39, 0.29) is 49.1 Å². The molecule has 37 heavy (non-hydrogen) atoms. The molecule has 3 rings (SSSR count). The molecule has 0 fully saturated rings. The second-order valence-corrected chi connectivity index (χ2v) is 9.60. The van der Waals surface area contributed by atoms with Crippen LogP contribution < -0.4 is 14.8 Å². The molecule has 0 radical (unpaired) electrons. The minimum Gasteiger partial charge on any atom is -0.493 e. The lowest BCUT2D eigenvalue weighted by Crippen LogP contribution is -2.54. The molecule has 2 aromatic carbocycles. The largest absolute Gasteiger partial charge is 0.493 e. The van der Waals surface area contributed by atoms with Crippen LogP contribution in [-0.2, 0) is 16.1 Å². The summed E-state index contributed by atoms with van der Waals surface area (Å²) in [4.78, 5) is 38.2. The predicted octanol–water partition coefficient (Wildman–Crippen LogP) is 2.22. The summed E-state index contributed by atoms with van der Waals surface area (Å²) in [7, 11) is 1.41. The van der Waals surface area contributed by atoms with Crippen molar-refractivity contribution in [3.8, 4) is 11.5 Å². The van der Waals surface area contributed by atoms with Crippen LogP contribution in [0, 0.1) is 9.39 Å². The van der Waals surface area contributed by atoms with Crippen molar-refractivity contribution in [3.63, 3.8) is 0 Å². The molecule has 11 heteroatoms. The van der Waals surface area contributed by atoms with E-state index in [1.165, 1.54) is 43.2 Å². The highest BCUT2D eigenvalue weighted by Crippen LogP contribution is 2.37. The molecule has 0 heterocycles. The highest BCUT2D eigenvalue weighted by molar-refractivity contribution is 14.1. The maximum atomic E-state index is 13.4. The fourth-order valence-corrected chi connectivity index (χ4v) is 4.84. The van der Waals surface area contributed by atoms with Crippen LogP contribution in [0.3, 0.4) is 0 Å². The van der Waals surface area contributed by atoms with Crippen molar-refractivity contribution in [1.82, 2.24) is 10.2 Å². The number of hydrogen-bond acceptors (Lipinski definition) is 7. The lowest BCUT2D eigenvalue weighted by Gasteiger charge is -2.40. The number of carbonyl (C=O) groups is 3. The Bertz CT molecular complexity index is 1170. The molecular weight excluding hydrogens is 598 g/mol.